The molecule has 7 nitrogen and oxygen atoms in total. The van der Waals surface area contributed by atoms with Gasteiger partial charge in [-0.1, -0.05) is 0 Å². The molecule has 0 aliphatic carbocycles. The van der Waals surface area contributed by atoms with Crippen molar-refractivity contribution in [2.24, 2.45) is 0 Å². The first-order valence-corrected chi connectivity index (χ1v) is 6.68. The van der Waals surface area contributed by atoms with Gasteiger partial charge in [-0.05, 0) is 6.92 Å². The van der Waals surface area contributed by atoms with Gasteiger partial charge >= 0.3 is 0 Å². The Bertz CT molecular complexity index is 528. The fourth-order valence-corrected chi connectivity index (χ4v) is 1.90. The average molecular weight is 275 g/mol. The molecule has 8 heteroatoms. The van der Waals surface area contributed by atoms with Crippen molar-refractivity contribution in [3.8, 4) is 5.75 Å². The summed E-state index contributed by atoms with van der Waals surface area (Å²) in [6.07, 6.45) is 1.41. The molecule has 0 atom stereocenters. The molecule has 1 aromatic heterocycles. The summed E-state index contributed by atoms with van der Waals surface area (Å²) >= 11 is 0. The molecule has 0 aromatic carbocycles. The molecule has 0 radical (unpaired) electrons. The van der Waals surface area contributed by atoms with Gasteiger partial charge in [0.15, 0.2) is 0 Å². The second kappa shape index (κ2) is 5.61. The molecule has 18 heavy (non-hydrogen) atoms. The number of aromatic nitrogens is 1. The normalized spacial score (nSPS) is 12.1. The third-order valence-electron chi connectivity index (χ3n) is 2.51. The van der Waals surface area contributed by atoms with Crippen molar-refractivity contribution in [1.29, 1.82) is 0 Å². The number of aliphatic hydroxyl groups is 1. The Hall–Kier alpha value is -1.22. The first kappa shape index (κ1) is 14.8. The van der Waals surface area contributed by atoms with E-state index in [2.05, 4.69) is 9.71 Å². The van der Waals surface area contributed by atoms with Gasteiger partial charge in [0.2, 0.25) is 0 Å². The molecule has 0 saturated carbocycles. The van der Waals surface area contributed by atoms with Crippen molar-refractivity contribution in [2.75, 3.05) is 14.1 Å². The zero-order chi connectivity index (χ0) is 13.9. The zero-order valence-corrected chi connectivity index (χ0v) is 11.3. The van der Waals surface area contributed by atoms with Gasteiger partial charge < -0.3 is 10.2 Å². The minimum absolute atomic E-state index is 0.106. The lowest BCUT2D eigenvalue weighted by molar-refractivity contribution is 0.278. The summed E-state index contributed by atoms with van der Waals surface area (Å²) in [5, 5.41) is 19.0. The predicted octanol–water partition coefficient (Wildman–Crippen LogP) is -0.516. The summed E-state index contributed by atoms with van der Waals surface area (Å²) in [5.41, 5.74) is 1.10. The molecule has 1 aromatic rings. The van der Waals surface area contributed by atoms with Gasteiger partial charge in [0.25, 0.3) is 10.2 Å². The standard InChI is InChI=1S/C10H17N3O4S/c1-7-10(15)9(8(6-14)4-11-7)5-12-18(16,17)13(2)3/h4,12,14-15H,5-6H2,1-3H3. The van der Waals surface area contributed by atoms with E-state index in [0.29, 0.717) is 16.8 Å². The molecule has 0 spiro atoms. The van der Waals surface area contributed by atoms with E-state index in [0.717, 1.165) is 4.31 Å². The van der Waals surface area contributed by atoms with Gasteiger partial charge in [0, 0.05) is 38.0 Å². The smallest absolute Gasteiger partial charge is 0.279 e. The fraction of sp³-hybridized carbons (Fsp3) is 0.500. The van der Waals surface area contributed by atoms with Crippen LogP contribution in [0.1, 0.15) is 16.8 Å². The van der Waals surface area contributed by atoms with Gasteiger partial charge in [-0.15, -0.1) is 0 Å². The Balaban J connectivity index is 3.01. The van der Waals surface area contributed by atoms with E-state index >= 15 is 0 Å². The molecule has 1 heterocycles. The van der Waals surface area contributed by atoms with E-state index in [1.165, 1.54) is 20.3 Å². The molecule has 0 aliphatic rings. The number of hydrogen-bond donors (Lipinski definition) is 3. The molecule has 0 saturated heterocycles. The lowest BCUT2D eigenvalue weighted by Crippen LogP contribution is -2.35. The van der Waals surface area contributed by atoms with Crippen molar-refractivity contribution in [3.05, 3.63) is 23.0 Å². The molecule has 0 bridgehead atoms. The van der Waals surface area contributed by atoms with Gasteiger partial charge in [-0.2, -0.15) is 17.4 Å². The van der Waals surface area contributed by atoms with E-state index in [4.69, 9.17) is 5.11 Å². The minimum Gasteiger partial charge on any atom is -0.506 e. The monoisotopic (exact) mass is 275 g/mol. The van der Waals surface area contributed by atoms with Crippen LogP contribution in [0.3, 0.4) is 0 Å². The van der Waals surface area contributed by atoms with Crippen LogP contribution in [0, 0.1) is 6.92 Å². The maximum atomic E-state index is 11.6. The number of aromatic hydroxyl groups is 1. The van der Waals surface area contributed by atoms with Crippen LogP contribution in [-0.4, -0.2) is 42.0 Å². The maximum absolute atomic E-state index is 11.6. The molecule has 3 N–H and O–H groups in total. The second-order valence-electron chi connectivity index (χ2n) is 3.96. The number of aliphatic hydroxyl groups excluding tert-OH is 1. The van der Waals surface area contributed by atoms with Crippen molar-refractivity contribution in [2.45, 2.75) is 20.1 Å². The van der Waals surface area contributed by atoms with Crippen LogP contribution in [-0.2, 0) is 23.4 Å². The highest BCUT2D eigenvalue weighted by Crippen LogP contribution is 2.23. The van der Waals surface area contributed by atoms with Gasteiger partial charge in [-0.25, -0.2) is 0 Å². The van der Waals surface area contributed by atoms with Crippen LogP contribution in [0.15, 0.2) is 6.20 Å². The number of nitrogens with one attached hydrogen (secondary N) is 1. The molecule has 0 aliphatic heterocycles. The molecule has 0 amide bonds. The van der Waals surface area contributed by atoms with Crippen molar-refractivity contribution in [3.63, 3.8) is 0 Å². The Morgan fingerprint density at radius 3 is 2.56 bits per heavy atom. The summed E-state index contributed by atoms with van der Waals surface area (Å²) in [5.74, 6) is -0.108. The van der Waals surface area contributed by atoms with Crippen LogP contribution in [0.5, 0.6) is 5.75 Å². The molecule has 1 rings (SSSR count). The number of aryl methyl sites for hydroxylation is 1. The third-order valence-corrected chi connectivity index (χ3v) is 3.98. The Kier molecular flexibility index (Phi) is 4.63. The quantitative estimate of drug-likeness (QED) is 0.671. The first-order valence-electron chi connectivity index (χ1n) is 5.24. The topological polar surface area (TPSA) is 103 Å². The van der Waals surface area contributed by atoms with Crippen molar-refractivity contribution < 1.29 is 18.6 Å². The van der Waals surface area contributed by atoms with E-state index in [-0.39, 0.29) is 18.9 Å². The van der Waals surface area contributed by atoms with E-state index < -0.39 is 10.2 Å². The van der Waals surface area contributed by atoms with Crippen molar-refractivity contribution in [1.82, 2.24) is 14.0 Å². The Morgan fingerprint density at radius 1 is 1.44 bits per heavy atom. The van der Waals surface area contributed by atoms with Gasteiger partial charge in [0.1, 0.15) is 5.75 Å². The van der Waals surface area contributed by atoms with E-state index in [1.807, 2.05) is 0 Å². The summed E-state index contributed by atoms with van der Waals surface area (Å²) in [7, 11) is -0.789. The predicted molar refractivity (Wildman–Crippen MR) is 66.0 cm³/mol. The molecular weight excluding hydrogens is 258 g/mol. The third kappa shape index (κ3) is 3.16. The Morgan fingerprint density at radius 2 is 2.06 bits per heavy atom. The van der Waals surface area contributed by atoms with E-state index in [9.17, 15) is 13.5 Å². The summed E-state index contributed by atoms with van der Waals surface area (Å²) in [4.78, 5) is 3.89. The number of pyridine rings is 1. The lowest BCUT2D eigenvalue weighted by Gasteiger charge is -2.15. The molecule has 0 fully saturated rings. The minimum atomic E-state index is -3.58. The Labute approximate surface area is 106 Å². The highest BCUT2D eigenvalue weighted by atomic mass is 32.2. The van der Waals surface area contributed by atoms with Crippen LogP contribution in [0.2, 0.25) is 0 Å². The number of nitrogens with zero attached hydrogens (tertiary/aromatic N) is 2. The SMILES string of the molecule is Cc1ncc(CO)c(CNS(=O)(=O)N(C)C)c1O. The van der Waals surface area contributed by atoms with Gasteiger partial charge in [-0.3, -0.25) is 4.98 Å². The highest BCUT2D eigenvalue weighted by molar-refractivity contribution is 7.87. The van der Waals surface area contributed by atoms with Crippen LogP contribution < -0.4 is 4.72 Å². The second-order valence-corrected chi connectivity index (χ2v) is 5.93. The van der Waals surface area contributed by atoms with Crippen LogP contribution in [0.25, 0.3) is 0 Å². The molecular formula is C10H17N3O4S. The summed E-state index contributed by atoms with van der Waals surface area (Å²) in [6.45, 7) is 1.17. The number of hydrogen-bond acceptors (Lipinski definition) is 5. The van der Waals surface area contributed by atoms with Gasteiger partial charge in [0.05, 0.1) is 12.3 Å². The summed E-state index contributed by atoms with van der Waals surface area (Å²) in [6, 6.07) is 0. The zero-order valence-electron chi connectivity index (χ0n) is 10.5. The lowest BCUT2D eigenvalue weighted by atomic mass is 10.1. The highest BCUT2D eigenvalue weighted by Gasteiger charge is 2.16. The average Bonchev–Trinajstić information content (AvgIpc) is 2.30. The molecule has 102 valence electrons. The fourth-order valence-electron chi connectivity index (χ4n) is 1.31. The number of rotatable bonds is 5. The van der Waals surface area contributed by atoms with E-state index in [1.54, 1.807) is 6.92 Å². The van der Waals surface area contributed by atoms with Crippen LogP contribution in [0.4, 0.5) is 0 Å². The summed E-state index contributed by atoms with van der Waals surface area (Å²) < 4.78 is 26.5. The first-order chi connectivity index (χ1) is 8.29. The van der Waals surface area contributed by atoms with Crippen LogP contribution >= 0.6 is 0 Å². The largest absolute Gasteiger partial charge is 0.506 e. The van der Waals surface area contributed by atoms with Crippen molar-refractivity contribution >= 4 is 10.2 Å². The maximum Gasteiger partial charge on any atom is 0.279 e. The molecule has 0 unspecified atom stereocenters.